The van der Waals surface area contributed by atoms with Crippen LogP contribution in [0.3, 0.4) is 0 Å². The van der Waals surface area contributed by atoms with Gasteiger partial charge in [-0.3, -0.25) is 0 Å². The Morgan fingerprint density at radius 2 is 1.62 bits per heavy atom. The summed E-state index contributed by atoms with van der Waals surface area (Å²) in [6.45, 7) is 10.8. The third-order valence-electron chi connectivity index (χ3n) is 3.10. The molecule has 21 heavy (non-hydrogen) atoms. The zero-order valence-corrected chi connectivity index (χ0v) is 14.1. The number of carbonyl (C=O) groups excluding carboxylic acids is 2. The standard InChI is InChI=1S/C16H31NO4/c1-6-7-10-21-16(19)17-14(13(4)5)15(18)20-11-8-9-12(2)3/h12-14H,6-11H2,1-5H3,(H,17,19). The van der Waals surface area contributed by atoms with E-state index in [9.17, 15) is 9.59 Å². The maximum Gasteiger partial charge on any atom is 0.407 e. The molecule has 0 aromatic carbocycles. The number of hydrogen-bond acceptors (Lipinski definition) is 4. The van der Waals surface area contributed by atoms with Gasteiger partial charge in [-0.1, -0.05) is 41.0 Å². The monoisotopic (exact) mass is 301 g/mol. The Balaban J connectivity index is 4.15. The Kier molecular flexibility index (Phi) is 10.7. The number of hydrogen-bond donors (Lipinski definition) is 1. The Morgan fingerprint density at radius 3 is 2.14 bits per heavy atom. The summed E-state index contributed by atoms with van der Waals surface area (Å²) in [6, 6.07) is -0.654. The van der Waals surface area contributed by atoms with Crippen molar-refractivity contribution in [3.63, 3.8) is 0 Å². The first-order valence-electron chi connectivity index (χ1n) is 7.98. The van der Waals surface area contributed by atoms with Gasteiger partial charge in [-0.25, -0.2) is 9.59 Å². The molecule has 1 amide bonds. The van der Waals surface area contributed by atoms with Crippen molar-refractivity contribution in [2.45, 2.75) is 66.3 Å². The van der Waals surface area contributed by atoms with E-state index in [2.05, 4.69) is 19.2 Å². The average Bonchev–Trinajstić information content (AvgIpc) is 2.40. The fourth-order valence-corrected chi connectivity index (χ4v) is 1.73. The fourth-order valence-electron chi connectivity index (χ4n) is 1.73. The number of nitrogens with one attached hydrogen (secondary N) is 1. The second-order valence-corrected chi connectivity index (χ2v) is 6.06. The quantitative estimate of drug-likeness (QED) is 0.495. The van der Waals surface area contributed by atoms with Crippen molar-refractivity contribution in [1.29, 1.82) is 0 Å². The van der Waals surface area contributed by atoms with Crippen LogP contribution in [0.2, 0.25) is 0 Å². The van der Waals surface area contributed by atoms with Gasteiger partial charge in [0.25, 0.3) is 0 Å². The van der Waals surface area contributed by atoms with Gasteiger partial charge < -0.3 is 14.8 Å². The van der Waals surface area contributed by atoms with E-state index in [-0.39, 0.29) is 11.9 Å². The fraction of sp³-hybridized carbons (Fsp3) is 0.875. The Morgan fingerprint density at radius 1 is 1.00 bits per heavy atom. The lowest BCUT2D eigenvalue weighted by Crippen LogP contribution is -2.45. The third kappa shape index (κ3) is 10.2. The number of alkyl carbamates (subject to hydrolysis) is 1. The van der Waals surface area contributed by atoms with Gasteiger partial charge in [-0.15, -0.1) is 0 Å². The van der Waals surface area contributed by atoms with Crippen LogP contribution < -0.4 is 5.32 Å². The van der Waals surface area contributed by atoms with Gasteiger partial charge in [0.05, 0.1) is 13.2 Å². The van der Waals surface area contributed by atoms with Crippen molar-refractivity contribution in [3.8, 4) is 0 Å². The highest BCUT2D eigenvalue weighted by Crippen LogP contribution is 2.07. The normalized spacial score (nSPS) is 12.3. The van der Waals surface area contributed by atoms with E-state index in [0.717, 1.165) is 25.7 Å². The number of amides is 1. The molecule has 0 saturated heterocycles. The van der Waals surface area contributed by atoms with Crippen LogP contribution in [-0.2, 0) is 14.3 Å². The van der Waals surface area contributed by atoms with E-state index in [1.54, 1.807) is 0 Å². The molecule has 0 aromatic heterocycles. The SMILES string of the molecule is CCCCOC(=O)NC(C(=O)OCCCC(C)C)C(C)C. The Bertz CT molecular complexity index is 303. The van der Waals surface area contributed by atoms with Crippen molar-refractivity contribution >= 4 is 12.1 Å². The van der Waals surface area contributed by atoms with E-state index in [1.165, 1.54) is 0 Å². The predicted molar refractivity (Wildman–Crippen MR) is 83.0 cm³/mol. The molecule has 1 unspecified atom stereocenters. The molecule has 1 atom stereocenters. The van der Waals surface area contributed by atoms with Crippen LogP contribution in [0.4, 0.5) is 4.79 Å². The second-order valence-electron chi connectivity index (χ2n) is 6.06. The van der Waals surface area contributed by atoms with Crippen LogP contribution in [0.1, 0.15) is 60.3 Å². The molecule has 5 heteroatoms. The van der Waals surface area contributed by atoms with Gasteiger partial charge in [0, 0.05) is 0 Å². The smallest absolute Gasteiger partial charge is 0.407 e. The summed E-state index contributed by atoms with van der Waals surface area (Å²) in [7, 11) is 0. The summed E-state index contributed by atoms with van der Waals surface area (Å²) >= 11 is 0. The molecule has 0 bridgehead atoms. The summed E-state index contributed by atoms with van der Waals surface area (Å²) in [5.74, 6) is 0.166. The van der Waals surface area contributed by atoms with Gasteiger partial charge in [0.2, 0.25) is 0 Å². The van der Waals surface area contributed by atoms with E-state index >= 15 is 0 Å². The zero-order chi connectivity index (χ0) is 16.3. The largest absolute Gasteiger partial charge is 0.464 e. The lowest BCUT2D eigenvalue weighted by atomic mass is 10.1. The van der Waals surface area contributed by atoms with E-state index < -0.39 is 12.1 Å². The van der Waals surface area contributed by atoms with E-state index in [1.807, 2.05) is 20.8 Å². The number of unbranched alkanes of at least 4 members (excludes halogenated alkanes) is 1. The van der Waals surface area contributed by atoms with E-state index in [4.69, 9.17) is 9.47 Å². The first-order chi connectivity index (χ1) is 9.88. The van der Waals surface area contributed by atoms with Crippen LogP contribution in [0.25, 0.3) is 0 Å². The molecular weight excluding hydrogens is 270 g/mol. The average molecular weight is 301 g/mol. The summed E-state index contributed by atoms with van der Waals surface area (Å²) < 4.78 is 10.2. The number of esters is 1. The van der Waals surface area contributed by atoms with Gasteiger partial charge in [-0.05, 0) is 31.1 Å². The highest BCUT2D eigenvalue weighted by Gasteiger charge is 2.26. The molecule has 0 aromatic rings. The second kappa shape index (κ2) is 11.4. The first kappa shape index (κ1) is 19.7. The van der Waals surface area contributed by atoms with Crippen molar-refractivity contribution < 1.29 is 19.1 Å². The van der Waals surface area contributed by atoms with Gasteiger partial charge in [-0.2, -0.15) is 0 Å². The molecular formula is C16H31NO4. The molecule has 0 fully saturated rings. The minimum Gasteiger partial charge on any atom is -0.464 e. The molecule has 0 rings (SSSR count). The number of ether oxygens (including phenoxy) is 2. The minimum atomic E-state index is -0.654. The molecule has 0 aliphatic heterocycles. The Hall–Kier alpha value is -1.26. The molecule has 0 saturated carbocycles. The molecule has 0 spiro atoms. The Labute approximate surface area is 128 Å². The highest BCUT2D eigenvalue weighted by molar-refractivity contribution is 5.81. The van der Waals surface area contributed by atoms with Crippen molar-refractivity contribution in [2.24, 2.45) is 11.8 Å². The van der Waals surface area contributed by atoms with E-state index in [0.29, 0.717) is 19.1 Å². The van der Waals surface area contributed by atoms with Crippen LogP contribution in [0.5, 0.6) is 0 Å². The van der Waals surface area contributed by atoms with Gasteiger partial charge in [0.1, 0.15) is 6.04 Å². The molecule has 0 aliphatic rings. The van der Waals surface area contributed by atoms with Crippen LogP contribution in [-0.4, -0.2) is 31.3 Å². The van der Waals surface area contributed by atoms with Crippen LogP contribution >= 0.6 is 0 Å². The van der Waals surface area contributed by atoms with Gasteiger partial charge in [0.15, 0.2) is 0 Å². The molecule has 5 nitrogen and oxygen atoms in total. The topological polar surface area (TPSA) is 64.6 Å². The van der Waals surface area contributed by atoms with Crippen molar-refractivity contribution in [2.75, 3.05) is 13.2 Å². The third-order valence-corrected chi connectivity index (χ3v) is 3.10. The number of rotatable bonds is 10. The summed E-state index contributed by atoms with van der Waals surface area (Å²) in [4.78, 5) is 23.6. The summed E-state index contributed by atoms with van der Waals surface area (Å²) in [6.07, 6.45) is 3.08. The summed E-state index contributed by atoms with van der Waals surface area (Å²) in [5.41, 5.74) is 0. The molecule has 1 N–H and O–H groups in total. The lowest BCUT2D eigenvalue weighted by molar-refractivity contribution is -0.147. The van der Waals surface area contributed by atoms with Crippen molar-refractivity contribution in [3.05, 3.63) is 0 Å². The molecule has 0 aliphatic carbocycles. The van der Waals surface area contributed by atoms with Crippen LogP contribution in [0, 0.1) is 11.8 Å². The maximum atomic E-state index is 12.0. The molecule has 0 radical (unpaired) electrons. The van der Waals surface area contributed by atoms with Crippen molar-refractivity contribution in [1.82, 2.24) is 5.32 Å². The minimum absolute atomic E-state index is 0.0404. The summed E-state index contributed by atoms with van der Waals surface area (Å²) in [5, 5.41) is 2.59. The highest BCUT2D eigenvalue weighted by atomic mass is 16.6. The van der Waals surface area contributed by atoms with Gasteiger partial charge >= 0.3 is 12.1 Å². The first-order valence-corrected chi connectivity index (χ1v) is 7.98. The molecule has 0 heterocycles. The molecule has 124 valence electrons. The van der Waals surface area contributed by atoms with Crippen LogP contribution in [0.15, 0.2) is 0 Å². The number of carbonyl (C=O) groups is 2. The zero-order valence-electron chi connectivity index (χ0n) is 14.1. The predicted octanol–water partition coefficient (Wildman–Crippen LogP) is 3.52. The lowest BCUT2D eigenvalue weighted by Gasteiger charge is -2.20. The maximum absolute atomic E-state index is 12.0.